The molecule has 1 unspecified atom stereocenters. The number of hydrogen-bond acceptors (Lipinski definition) is 4. The van der Waals surface area contributed by atoms with E-state index in [2.05, 4.69) is 30.9 Å². The van der Waals surface area contributed by atoms with Crippen molar-refractivity contribution in [2.24, 2.45) is 5.11 Å². The van der Waals surface area contributed by atoms with Crippen molar-refractivity contribution in [1.29, 1.82) is 0 Å². The van der Waals surface area contributed by atoms with Crippen LogP contribution in [0.1, 0.15) is 5.56 Å². The average molecular weight is 443 g/mol. The molecular formula is C14H15Br2N6O+. The lowest BCUT2D eigenvalue weighted by molar-refractivity contribution is -0.685. The normalized spacial score (nSPS) is 18.8. The summed E-state index contributed by atoms with van der Waals surface area (Å²) in [5.41, 5.74) is 8.01. The Bertz CT molecular complexity index is 734. The maximum absolute atomic E-state index is 11.2. The topological polar surface area (TPSA) is 89.0 Å². The van der Waals surface area contributed by atoms with Gasteiger partial charge in [-0.25, -0.2) is 9.47 Å². The summed E-state index contributed by atoms with van der Waals surface area (Å²) >= 11 is 3.40. The van der Waals surface area contributed by atoms with E-state index in [1.54, 1.807) is 11.1 Å². The van der Waals surface area contributed by atoms with Crippen LogP contribution in [0.5, 0.6) is 0 Å². The maximum Gasteiger partial charge on any atom is 0.396 e. The van der Waals surface area contributed by atoms with E-state index in [4.69, 9.17) is 5.53 Å². The molecular weight excluding hydrogens is 428 g/mol. The van der Waals surface area contributed by atoms with Crippen LogP contribution in [0, 0.1) is 0 Å². The average Bonchev–Trinajstić information content (AvgIpc) is 2.81. The Morgan fingerprint density at radius 2 is 2.17 bits per heavy atom. The molecule has 0 saturated heterocycles. The second kappa shape index (κ2) is 7.27. The molecule has 1 aromatic heterocycles. The first-order valence-corrected chi connectivity index (χ1v) is 7.56. The summed E-state index contributed by atoms with van der Waals surface area (Å²) in [6.07, 6.45) is 3.55. The minimum atomic E-state index is -1.22. The fraction of sp³-hybridized carbons (Fsp3) is 0.286. The van der Waals surface area contributed by atoms with Gasteiger partial charge in [-0.1, -0.05) is 38.2 Å². The second-order valence-electron chi connectivity index (χ2n) is 4.98. The standard InChI is InChI=1S/C14H14BrN6O.BrH/c15-12-4-2-11(3-5-12)14(22)10-20-8-1-6-17-13(20)21(14)9-7-18-19-16;/h1-6,8,22H,7,9-10H2;1H/q+1;. The van der Waals surface area contributed by atoms with Gasteiger partial charge >= 0.3 is 5.95 Å². The first-order valence-electron chi connectivity index (χ1n) is 6.76. The summed E-state index contributed by atoms with van der Waals surface area (Å²) in [7, 11) is 0. The van der Waals surface area contributed by atoms with Crippen LogP contribution in [-0.2, 0) is 12.3 Å². The molecule has 3 rings (SSSR count). The molecule has 2 aromatic rings. The van der Waals surface area contributed by atoms with E-state index in [9.17, 15) is 5.11 Å². The molecule has 0 aliphatic carbocycles. The van der Waals surface area contributed by atoms with Crippen LogP contribution >= 0.6 is 32.9 Å². The molecule has 9 heteroatoms. The van der Waals surface area contributed by atoms with Crippen molar-refractivity contribution in [2.75, 3.05) is 18.0 Å². The molecule has 0 saturated carbocycles. The van der Waals surface area contributed by atoms with Crippen molar-refractivity contribution in [1.82, 2.24) is 4.98 Å². The van der Waals surface area contributed by atoms with Crippen molar-refractivity contribution in [2.45, 2.75) is 12.3 Å². The van der Waals surface area contributed by atoms with E-state index in [0.29, 0.717) is 19.0 Å². The highest BCUT2D eigenvalue weighted by Gasteiger charge is 2.51. The lowest BCUT2D eigenvalue weighted by atomic mass is 10.0. The molecule has 0 fully saturated rings. The van der Waals surface area contributed by atoms with E-state index >= 15 is 0 Å². The van der Waals surface area contributed by atoms with Gasteiger partial charge in [0.1, 0.15) is 12.7 Å². The highest BCUT2D eigenvalue weighted by molar-refractivity contribution is 9.10. The predicted molar refractivity (Wildman–Crippen MR) is 94.2 cm³/mol. The summed E-state index contributed by atoms with van der Waals surface area (Å²) in [6.45, 7) is 1.01. The number of hydrogen-bond donors (Lipinski definition) is 1. The number of anilines is 1. The molecule has 1 aliphatic heterocycles. The van der Waals surface area contributed by atoms with Crippen LogP contribution in [0.3, 0.4) is 0 Å². The van der Waals surface area contributed by atoms with Gasteiger partial charge in [-0.05, 0) is 17.7 Å². The number of benzene rings is 1. The molecule has 7 nitrogen and oxygen atoms in total. The Kier molecular flexibility index (Phi) is 5.59. The number of fused-ring (bicyclic) bond motifs is 1. The Morgan fingerprint density at radius 3 is 2.87 bits per heavy atom. The fourth-order valence-electron chi connectivity index (χ4n) is 2.67. The van der Waals surface area contributed by atoms with Crippen LogP contribution in [0.15, 0.2) is 52.3 Å². The third-order valence-corrected chi connectivity index (χ3v) is 4.20. The quantitative estimate of drug-likeness (QED) is 0.341. The number of halogens is 2. The third-order valence-electron chi connectivity index (χ3n) is 3.67. The third kappa shape index (κ3) is 3.32. The molecule has 0 amide bonds. The first-order chi connectivity index (χ1) is 10.6. The summed E-state index contributed by atoms with van der Waals surface area (Å²) in [5, 5.41) is 14.8. The molecule has 1 aromatic carbocycles. The minimum absolute atomic E-state index is 0. The molecule has 1 atom stereocenters. The summed E-state index contributed by atoms with van der Waals surface area (Å²) < 4.78 is 2.83. The van der Waals surface area contributed by atoms with Gasteiger partial charge in [0.05, 0.1) is 19.3 Å². The molecule has 23 heavy (non-hydrogen) atoms. The van der Waals surface area contributed by atoms with E-state index in [1.807, 2.05) is 41.1 Å². The second-order valence-corrected chi connectivity index (χ2v) is 5.89. The first kappa shape index (κ1) is 17.7. The van der Waals surface area contributed by atoms with Crippen molar-refractivity contribution in [3.8, 4) is 0 Å². The largest absolute Gasteiger partial charge is 0.396 e. The van der Waals surface area contributed by atoms with Gasteiger partial charge in [0.25, 0.3) is 0 Å². The molecule has 120 valence electrons. The van der Waals surface area contributed by atoms with Crippen LogP contribution in [0.4, 0.5) is 5.95 Å². The zero-order valence-electron chi connectivity index (χ0n) is 12.1. The van der Waals surface area contributed by atoms with E-state index in [1.165, 1.54) is 0 Å². The van der Waals surface area contributed by atoms with Crippen molar-refractivity contribution >= 4 is 38.9 Å². The zero-order valence-corrected chi connectivity index (χ0v) is 15.4. The van der Waals surface area contributed by atoms with Crippen molar-refractivity contribution in [3.05, 3.63) is 63.2 Å². The molecule has 1 N–H and O–H groups in total. The van der Waals surface area contributed by atoms with Gasteiger partial charge in [-0.2, -0.15) is 0 Å². The predicted octanol–water partition coefficient (Wildman–Crippen LogP) is 2.69. The Labute approximate surface area is 152 Å². The van der Waals surface area contributed by atoms with Crippen molar-refractivity contribution < 1.29 is 9.67 Å². The summed E-state index contributed by atoms with van der Waals surface area (Å²) in [6, 6.07) is 9.34. The molecule has 0 bridgehead atoms. The highest BCUT2D eigenvalue weighted by Crippen LogP contribution is 2.33. The maximum atomic E-state index is 11.2. The van der Waals surface area contributed by atoms with Gasteiger partial charge in [-0.15, -0.1) is 17.0 Å². The molecule has 1 aliphatic rings. The zero-order chi connectivity index (χ0) is 15.6. The molecule has 2 heterocycles. The molecule has 0 radical (unpaired) electrons. The van der Waals surface area contributed by atoms with Crippen LogP contribution < -0.4 is 9.47 Å². The lowest BCUT2D eigenvalue weighted by Crippen LogP contribution is -2.46. The minimum Gasteiger partial charge on any atom is -0.353 e. The molecule has 0 spiro atoms. The fourth-order valence-corrected chi connectivity index (χ4v) is 2.93. The Hall–Kier alpha value is -1.67. The van der Waals surface area contributed by atoms with Crippen molar-refractivity contribution in [3.63, 3.8) is 0 Å². The van der Waals surface area contributed by atoms with Gasteiger partial charge in [0, 0.05) is 21.0 Å². The monoisotopic (exact) mass is 441 g/mol. The number of aromatic nitrogens is 2. The van der Waals surface area contributed by atoms with Crippen LogP contribution in [-0.4, -0.2) is 23.2 Å². The van der Waals surface area contributed by atoms with Crippen LogP contribution in [0.25, 0.3) is 10.4 Å². The lowest BCUT2D eigenvalue weighted by Gasteiger charge is -2.28. The Morgan fingerprint density at radius 1 is 1.43 bits per heavy atom. The van der Waals surface area contributed by atoms with Gasteiger partial charge in [0.15, 0.2) is 0 Å². The van der Waals surface area contributed by atoms with Gasteiger partial charge in [-0.3, -0.25) is 0 Å². The number of rotatable bonds is 4. The van der Waals surface area contributed by atoms with E-state index in [0.717, 1.165) is 10.0 Å². The van der Waals surface area contributed by atoms with E-state index in [-0.39, 0.29) is 23.5 Å². The Balaban J connectivity index is 0.00000192. The van der Waals surface area contributed by atoms with Gasteiger partial charge < -0.3 is 5.11 Å². The number of aliphatic hydroxyl groups is 1. The highest BCUT2D eigenvalue weighted by atomic mass is 79.9. The van der Waals surface area contributed by atoms with Gasteiger partial charge in [0.2, 0.25) is 5.72 Å². The van der Waals surface area contributed by atoms with Crippen LogP contribution in [0.2, 0.25) is 0 Å². The number of azide groups is 1. The summed E-state index contributed by atoms with van der Waals surface area (Å²) in [4.78, 5) is 8.88. The number of nitrogens with zero attached hydrogens (tertiary/aromatic N) is 6. The summed E-state index contributed by atoms with van der Waals surface area (Å²) in [5.74, 6) is 0.654. The smallest absolute Gasteiger partial charge is 0.353 e. The SMILES string of the molecule is Br.[N-]=[N+]=NCCN1c2nccc[n+]2CC1(O)c1ccc(Br)cc1. The van der Waals surface area contributed by atoms with E-state index < -0.39 is 5.72 Å².